The summed E-state index contributed by atoms with van der Waals surface area (Å²) in [5, 5.41) is 4.19. The number of pyridine rings is 1. The first-order valence-corrected chi connectivity index (χ1v) is 8.05. The lowest BCUT2D eigenvalue weighted by atomic mass is 10.1. The lowest BCUT2D eigenvalue weighted by Gasteiger charge is -2.13. The maximum atomic E-state index is 12.5. The zero-order chi connectivity index (χ0) is 15.6. The van der Waals surface area contributed by atoms with Gasteiger partial charge in [0.2, 0.25) is 5.91 Å². The van der Waals surface area contributed by atoms with Gasteiger partial charge < -0.3 is 5.32 Å². The Balaban J connectivity index is 1.70. The zero-order valence-corrected chi connectivity index (χ0v) is 12.9. The molecule has 0 bridgehead atoms. The molecule has 23 heavy (non-hydrogen) atoms. The van der Waals surface area contributed by atoms with E-state index in [9.17, 15) is 4.79 Å². The fraction of sp³-hybridized carbons (Fsp3) is 0.200. The topological polar surface area (TPSA) is 42.0 Å². The average Bonchev–Trinajstić information content (AvgIpc) is 3.04. The highest BCUT2D eigenvalue weighted by atomic mass is 16.1. The van der Waals surface area contributed by atoms with Crippen molar-refractivity contribution in [3.8, 4) is 0 Å². The lowest BCUT2D eigenvalue weighted by molar-refractivity contribution is -0.115. The largest absolute Gasteiger partial charge is 0.325 e. The molecule has 1 aromatic heterocycles. The Morgan fingerprint density at radius 2 is 1.78 bits per heavy atom. The van der Waals surface area contributed by atoms with E-state index in [0.717, 1.165) is 47.1 Å². The third-order valence-electron chi connectivity index (χ3n) is 4.39. The molecule has 0 unspecified atom stereocenters. The average molecular weight is 302 g/mol. The summed E-state index contributed by atoms with van der Waals surface area (Å²) in [5.74, 6) is 0.0293. The monoisotopic (exact) mass is 302 g/mol. The summed E-state index contributed by atoms with van der Waals surface area (Å²) < 4.78 is 0. The van der Waals surface area contributed by atoms with Crippen molar-refractivity contribution in [2.45, 2.75) is 25.7 Å². The Morgan fingerprint density at radius 1 is 1.00 bits per heavy atom. The highest BCUT2D eigenvalue weighted by Gasteiger charge is 2.20. The predicted octanol–water partition coefficient (Wildman–Crippen LogP) is 3.90. The number of hydrogen-bond acceptors (Lipinski definition) is 2. The normalized spacial score (nSPS) is 13.0. The molecule has 4 rings (SSSR count). The molecule has 0 atom stereocenters. The van der Waals surface area contributed by atoms with Gasteiger partial charge in [-0.2, -0.15) is 0 Å². The van der Waals surface area contributed by atoms with Crippen LogP contribution in [0.2, 0.25) is 0 Å². The van der Waals surface area contributed by atoms with Gasteiger partial charge in [0, 0.05) is 11.1 Å². The minimum Gasteiger partial charge on any atom is -0.325 e. The van der Waals surface area contributed by atoms with Gasteiger partial charge in [-0.25, -0.2) is 0 Å². The molecule has 0 fully saturated rings. The van der Waals surface area contributed by atoms with Crippen molar-refractivity contribution in [1.82, 2.24) is 4.98 Å². The number of aryl methyl sites for hydroxylation is 1. The molecular weight excluding hydrogens is 284 g/mol. The molecule has 3 aromatic rings. The molecule has 3 heteroatoms. The van der Waals surface area contributed by atoms with E-state index in [1.54, 1.807) is 0 Å². The van der Waals surface area contributed by atoms with E-state index in [0.29, 0.717) is 6.42 Å². The maximum Gasteiger partial charge on any atom is 0.228 e. The summed E-state index contributed by atoms with van der Waals surface area (Å²) in [6.07, 6.45) is 3.50. The first-order chi connectivity index (χ1) is 11.3. The number of hydrogen-bond donors (Lipinski definition) is 1. The third kappa shape index (κ3) is 2.70. The van der Waals surface area contributed by atoms with Crippen LogP contribution >= 0.6 is 0 Å². The Kier molecular flexibility index (Phi) is 3.54. The van der Waals surface area contributed by atoms with Crippen molar-refractivity contribution in [3.05, 3.63) is 71.4 Å². The summed E-state index contributed by atoms with van der Waals surface area (Å²) >= 11 is 0. The number of fused-ring (bicyclic) bond motifs is 2. The van der Waals surface area contributed by atoms with E-state index in [-0.39, 0.29) is 5.91 Å². The quantitative estimate of drug-likeness (QED) is 0.797. The summed E-state index contributed by atoms with van der Waals surface area (Å²) in [6.45, 7) is 0. The van der Waals surface area contributed by atoms with Gasteiger partial charge in [-0.15, -0.1) is 0 Å². The second-order valence-electron chi connectivity index (χ2n) is 5.99. The number of carbonyl (C=O) groups excluding carboxylic acids is 1. The standard InChI is InChI=1S/C20H18N2O/c23-19(13-14-7-2-1-3-8-14)22-20-15-9-4-5-11-17(15)21-18-12-6-10-16(18)20/h1-5,7-9,11H,6,10,12-13H2,(H,21,22,23). The number of rotatable bonds is 3. The van der Waals surface area contributed by atoms with Gasteiger partial charge in [0.25, 0.3) is 0 Å². The molecule has 3 nitrogen and oxygen atoms in total. The van der Waals surface area contributed by atoms with Gasteiger partial charge in [-0.3, -0.25) is 9.78 Å². The van der Waals surface area contributed by atoms with Crippen molar-refractivity contribution in [1.29, 1.82) is 0 Å². The molecule has 1 amide bonds. The summed E-state index contributed by atoms with van der Waals surface area (Å²) in [6, 6.07) is 17.9. The van der Waals surface area contributed by atoms with Crippen LogP contribution in [0.25, 0.3) is 10.9 Å². The number of nitrogens with zero attached hydrogens (tertiary/aromatic N) is 1. The molecule has 0 saturated carbocycles. The molecule has 1 aliphatic carbocycles. The van der Waals surface area contributed by atoms with Gasteiger partial charge in [0.15, 0.2) is 0 Å². The van der Waals surface area contributed by atoms with Crippen LogP contribution in [0.1, 0.15) is 23.2 Å². The number of para-hydroxylation sites is 1. The number of benzene rings is 2. The van der Waals surface area contributed by atoms with Crippen LogP contribution in [0.4, 0.5) is 5.69 Å². The van der Waals surface area contributed by atoms with Gasteiger partial charge in [0.05, 0.1) is 17.6 Å². The van der Waals surface area contributed by atoms with E-state index < -0.39 is 0 Å². The molecule has 1 aliphatic rings. The fourth-order valence-electron chi connectivity index (χ4n) is 3.32. The molecule has 0 radical (unpaired) electrons. The van der Waals surface area contributed by atoms with E-state index >= 15 is 0 Å². The Morgan fingerprint density at radius 3 is 2.65 bits per heavy atom. The summed E-state index contributed by atoms with van der Waals surface area (Å²) in [5.41, 5.74) is 5.30. The molecule has 0 aliphatic heterocycles. The number of aromatic nitrogens is 1. The molecule has 0 spiro atoms. The van der Waals surface area contributed by atoms with E-state index in [4.69, 9.17) is 4.98 Å². The Hall–Kier alpha value is -2.68. The fourth-order valence-corrected chi connectivity index (χ4v) is 3.32. The lowest BCUT2D eigenvalue weighted by Crippen LogP contribution is -2.16. The van der Waals surface area contributed by atoms with Gasteiger partial charge in [-0.1, -0.05) is 48.5 Å². The number of nitrogens with one attached hydrogen (secondary N) is 1. The van der Waals surface area contributed by atoms with Crippen LogP contribution in [-0.4, -0.2) is 10.9 Å². The van der Waals surface area contributed by atoms with Crippen LogP contribution in [0.5, 0.6) is 0 Å². The summed E-state index contributed by atoms with van der Waals surface area (Å²) in [4.78, 5) is 17.3. The van der Waals surface area contributed by atoms with Crippen molar-refractivity contribution >= 4 is 22.5 Å². The SMILES string of the molecule is O=C(Cc1ccccc1)Nc1c2c(nc3ccccc13)CCC2. The predicted molar refractivity (Wildman–Crippen MR) is 92.5 cm³/mol. The second-order valence-corrected chi connectivity index (χ2v) is 5.99. The van der Waals surface area contributed by atoms with E-state index in [1.165, 1.54) is 5.56 Å². The van der Waals surface area contributed by atoms with Crippen LogP contribution in [0.15, 0.2) is 54.6 Å². The molecule has 2 aromatic carbocycles. The second kappa shape index (κ2) is 5.84. The molecule has 114 valence electrons. The van der Waals surface area contributed by atoms with Crippen molar-refractivity contribution in [3.63, 3.8) is 0 Å². The number of amides is 1. The highest BCUT2D eigenvalue weighted by Crippen LogP contribution is 2.34. The molecule has 0 saturated heterocycles. The Labute approximate surface area is 135 Å². The van der Waals surface area contributed by atoms with Crippen LogP contribution in [0, 0.1) is 0 Å². The number of carbonyl (C=O) groups is 1. The minimum atomic E-state index is 0.0293. The van der Waals surface area contributed by atoms with Gasteiger partial charge in [0.1, 0.15) is 0 Å². The van der Waals surface area contributed by atoms with E-state index in [2.05, 4.69) is 5.32 Å². The van der Waals surface area contributed by atoms with Crippen molar-refractivity contribution in [2.75, 3.05) is 5.32 Å². The van der Waals surface area contributed by atoms with Crippen molar-refractivity contribution < 1.29 is 4.79 Å². The van der Waals surface area contributed by atoms with Gasteiger partial charge in [-0.05, 0) is 36.5 Å². The van der Waals surface area contributed by atoms with Gasteiger partial charge >= 0.3 is 0 Å². The highest BCUT2D eigenvalue weighted by molar-refractivity contribution is 6.03. The molecule has 1 heterocycles. The first-order valence-electron chi connectivity index (χ1n) is 8.05. The van der Waals surface area contributed by atoms with Crippen molar-refractivity contribution in [2.24, 2.45) is 0 Å². The zero-order valence-electron chi connectivity index (χ0n) is 12.9. The van der Waals surface area contributed by atoms with E-state index in [1.807, 2.05) is 54.6 Å². The van der Waals surface area contributed by atoms with Crippen LogP contribution in [0.3, 0.4) is 0 Å². The summed E-state index contributed by atoms with van der Waals surface area (Å²) in [7, 11) is 0. The number of anilines is 1. The van der Waals surface area contributed by atoms with Crippen LogP contribution < -0.4 is 5.32 Å². The van der Waals surface area contributed by atoms with Crippen LogP contribution in [-0.2, 0) is 24.1 Å². The first kappa shape index (κ1) is 13.9. The third-order valence-corrected chi connectivity index (χ3v) is 4.39. The molecular formula is C20H18N2O. The molecule has 1 N–H and O–H groups in total. The smallest absolute Gasteiger partial charge is 0.228 e. The maximum absolute atomic E-state index is 12.5. The minimum absolute atomic E-state index is 0.0293. The Bertz CT molecular complexity index is 871.